The highest BCUT2D eigenvalue weighted by Gasteiger charge is 2.38. The van der Waals surface area contributed by atoms with Crippen LogP contribution in [0.25, 0.3) is 0 Å². The number of para-hydroxylation sites is 1. The number of unbranched alkanes of at least 4 members (excludes halogenated alkanes) is 3. The van der Waals surface area contributed by atoms with Crippen molar-refractivity contribution in [3.8, 4) is 0 Å². The second-order valence-corrected chi connectivity index (χ2v) is 7.50. The third-order valence-corrected chi connectivity index (χ3v) is 5.70. The van der Waals surface area contributed by atoms with Gasteiger partial charge in [-0.25, -0.2) is 0 Å². The lowest BCUT2D eigenvalue weighted by Gasteiger charge is -2.37. The molecule has 2 saturated heterocycles. The number of hydrogen-bond acceptors (Lipinski definition) is 4. The van der Waals surface area contributed by atoms with E-state index in [2.05, 4.69) is 4.90 Å². The maximum atomic E-state index is 12.8. The van der Waals surface area contributed by atoms with Gasteiger partial charge in [0, 0.05) is 44.8 Å². The van der Waals surface area contributed by atoms with Gasteiger partial charge in [0.25, 0.3) is 0 Å². The zero-order valence-corrected chi connectivity index (χ0v) is 16.2. The molecule has 6 heteroatoms. The number of anilines is 1. The van der Waals surface area contributed by atoms with E-state index in [4.69, 9.17) is 5.73 Å². The van der Waals surface area contributed by atoms with Crippen LogP contribution in [0.2, 0.25) is 0 Å². The normalized spacial score (nSPS) is 21.1. The second-order valence-electron chi connectivity index (χ2n) is 7.50. The molecule has 1 aromatic carbocycles. The molecule has 2 heterocycles. The van der Waals surface area contributed by atoms with Crippen molar-refractivity contribution in [1.29, 1.82) is 0 Å². The van der Waals surface area contributed by atoms with E-state index < -0.39 is 0 Å². The highest BCUT2D eigenvalue weighted by molar-refractivity contribution is 5.99. The molecule has 2 amide bonds. The molecule has 1 atom stereocenters. The topological polar surface area (TPSA) is 69.9 Å². The molecular formula is C21H32N4O2. The summed E-state index contributed by atoms with van der Waals surface area (Å²) in [4.78, 5) is 31.3. The molecule has 2 fully saturated rings. The Bertz CT molecular complexity index is 614. The Morgan fingerprint density at radius 3 is 2.37 bits per heavy atom. The highest BCUT2D eigenvalue weighted by Crippen LogP contribution is 2.25. The summed E-state index contributed by atoms with van der Waals surface area (Å²) in [5.74, 6) is 0.451. The van der Waals surface area contributed by atoms with Crippen molar-refractivity contribution in [2.24, 2.45) is 5.73 Å². The number of hydrogen-bond donors (Lipinski definition) is 1. The van der Waals surface area contributed by atoms with Gasteiger partial charge in [-0.1, -0.05) is 31.0 Å². The Hall–Kier alpha value is -1.92. The van der Waals surface area contributed by atoms with Crippen LogP contribution in [0.5, 0.6) is 0 Å². The summed E-state index contributed by atoms with van der Waals surface area (Å²) >= 11 is 0. The lowest BCUT2D eigenvalue weighted by atomic mass is 10.1. The summed E-state index contributed by atoms with van der Waals surface area (Å²) in [6.07, 6.45) is 5.68. The smallest absolute Gasteiger partial charge is 0.244 e. The molecule has 27 heavy (non-hydrogen) atoms. The number of nitrogens with zero attached hydrogens (tertiary/aromatic N) is 3. The van der Waals surface area contributed by atoms with Gasteiger partial charge in [-0.05, 0) is 37.9 Å². The molecule has 2 aliphatic heterocycles. The van der Waals surface area contributed by atoms with Crippen LogP contribution in [0, 0.1) is 0 Å². The highest BCUT2D eigenvalue weighted by atomic mass is 16.2. The molecule has 0 saturated carbocycles. The van der Waals surface area contributed by atoms with E-state index in [0.29, 0.717) is 6.42 Å². The van der Waals surface area contributed by atoms with Gasteiger partial charge in [0.15, 0.2) is 0 Å². The van der Waals surface area contributed by atoms with Gasteiger partial charge in [-0.3, -0.25) is 14.5 Å². The van der Waals surface area contributed by atoms with Gasteiger partial charge in [0.05, 0.1) is 6.04 Å². The number of nitrogens with two attached hydrogens (primary N) is 1. The second kappa shape index (κ2) is 9.85. The predicted octanol–water partition coefficient (Wildman–Crippen LogP) is 1.85. The summed E-state index contributed by atoms with van der Waals surface area (Å²) in [7, 11) is 0. The third-order valence-electron chi connectivity index (χ3n) is 5.70. The summed E-state index contributed by atoms with van der Waals surface area (Å²) in [6.45, 7) is 4.55. The van der Waals surface area contributed by atoms with E-state index in [-0.39, 0.29) is 17.9 Å². The minimum atomic E-state index is -0.0429. The molecule has 148 valence electrons. The molecule has 6 nitrogen and oxygen atoms in total. The van der Waals surface area contributed by atoms with Crippen molar-refractivity contribution in [2.45, 2.75) is 44.6 Å². The zero-order valence-electron chi connectivity index (χ0n) is 16.2. The molecule has 0 radical (unpaired) electrons. The van der Waals surface area contributed by atoms with Gasteiger partial charge in [-0.15, -0.1) is 0 Å². The van der Waals surface area contributed by atoms with E-state index >= 15 is 0 Å². The minimum Gasteiger partial charge on any atom is -0.340 e. The molecule has 0 aromatic heterocycles. The van der Waals surface area contributed by atoms with E-state index in [1.807, 2.05) is 40.1 Å². The molecule has 3 rings (SSSR count). The van der Waals surface area contributed by atoms with Crippen LogP contribution in [-0.4, -0.2) is 66.9 Å². The number of rotatable bonds is 8. The maximum Gasteiger partial charge on any atom is 0.244 e. The summed E-state index contributed by atoms with van der Waals surface area (Å²) in [6, 6.07) is 9.84. The Kier molecular flexibility index (Phi) is 7.24. The number of carbonyl (C=O) groups excluding carboxylic acids is 2. The van der Waals surface area contributed by atoms with Gasteiger partial charge in [0.1, 0.15) is 0 Å². The number of amides is 2. The van der Waals surface area contributed by atoms with Crippen molar-refractivity contribution in [3.05, 3.63) is 30.3 Å². The van der Waals surface area contributed by atoms with Crippen LogP contribution in [0.1, 0.15) is 38.5 Å². The molecule has 0 bridgehead atoms. The molecule has 0 aliphatic carbocycles. The van der Waals surface area contributed by atoms with Crippen LogP contribution >= 0.6 is 0 Å². The predicted molar refractivity (Wildman–Crippen MR) is 107 cm³/mol. The lowest BCUT2D eigenvalue weighted by Crippen LogP contribution is -2.53. The Morgan fingerprint density at radius 1 is 0.963 bits per heavy atom. The van der Waals surface area contributed by atoms with E-state index in [9.17, 15) is 9.59 Å². The van der Waals surface area contributed by atoms with Crippen LogP contribution in [-0.2, 0) is 9.59 Å². The van der Waals surface area contributed by atoms with Gasteiger partial charge in [-0.2, -0.15) is 0 Å². The van der Waals surface area contributed by atoms with Crippen molar-refractivity contribution in [2.75, 3.05) is 44.2 Å². The number of piperazine rings is 1. The fourth-order valence-corrected chi connectivity index (χ4v) is 4.08. The van der Waals surface area contributed by atoms with E-state index in [1.165, 1.54) is 0 Å². The van der Waals surface area contributed by atoms with Crippen molar-refractivity contribution < 1.29 is 9.59 Å². The third kappa shape index (κ3) is 5.08. The number of benzene rings is 1. The van der Waals surface area contributed by atoms with Crippen LogP contribution in [0.15, 0.2) is 30.3 Å². The van der Waals surface area contributed by atoms with Crippen molar-refractivity contribution in [1.82, 2.24) is 9.80 Å². The van der Waals surface area contributed by atoms with Crippen molar-refractivity contribution >= 4 is 17.5 Å². The van der Waals surface area contributed by atoms with Gasteiger partial charge < -0.3 is 15.5 Å². The molecule has 1 aromatic rings. The molecule has 2 N–H and O–H groups in total. The van der Waals surface area contributed by atoms with Crippen molar-refractivity contribution in [3.63, 3.8) is 0 Å². The zero-order chi connectivity index (χ0) is 19.1. The first-order valence-electron chi connectivity index (χ1n) is 10.3. The first-order chi connectivity index (χ1) is 13.2. The number of carbonyl (C=O) groups is 2. The quantitative estimate of drug-likeness (QED) is 0.707. The Labute approximate surface area is 162 Å². The SMILES string of the molecule is NCCCCCCC(=O)N1CCN(C2CCN(c3ccccc3)C2=O)CC1. The molecule has 1 unspecified atom stereocenters. The minimum absolute atomic E-state index is 0.0429. The average molecular weight is 373 g/mol. The fourth-order valence-electron chi connectivity index (χ4n) is 4.08. The summed E-state index contributed by atoms with van der Waals surface area (Å²) in [5, 5.41) is 0. The van der Waals surface area contributed by atoms with Crippen LogP contribution < -0.4 is 10.6 Å². The summed E-state index contributed by atoms with van der Waals surface area (Å²) in [5.41, 5.74) is 6.48. The van der Waals surface area contributed by atoms with Gasteiger partial charge in [0.2, 0.25) is 11.8 Å². The maximum absolute atomic E-state index is 12.8. The molecule has 0 spiro atoms. The monoisotopic (exact) mass is 372 g/mol. The fraction of sp³-hybridized carbons (Fsp3) is 0.619. The lowest BCUT2D eigenvalue weighted by molar-refractivity contribution is -0.133. The van der Waals surface area contributed by atoms with E-state index in [0.717, 1.165) is 77.1 Å². The molecule has 2 aliphatic rings. The van der Waals surface area contributed by atoms with Crippen LogP contribution in [0.3, 0.4) is 0 Å². The Morgan fingerprint density at radius 2 is 1.67 bits per heavy atom. The van der Waals surface area contributed by atoms with E-state index in [1.54, 1.807) is 0 Å². The largest absolute Gasteiger partial charge is 0.340 e. The van der Waals surface area contributed by atoms with Gasteiger partial charge >= 0.3 is 0 Å². The average Bonchev–Trinajstić information content (AvgIpc) is 3.10. The standard InChI is InChI=1S/C21H32N4O2/c22-12-7-2-1-6-10-20(26)24-16-14-23(15-17-24)19-11-13-25(21(19)27)18-8-4-3-5-9-18/h3-5,8-9,19H,1-2,6-7,10-17,22H2. The summed E-state index contributed by atoms with van der Waals surface area (Å²) < 4.78 is 0. The first kappa shape index (κ1) is 19.8. The van der Waals surface area contributed by atoms with Crippen LogP contribution in [0.4, 0.5) is 5.69 Å². The first-order valence-corrected chi connectivity index (χ1v) is 10.3. The molecular weight excluding hydrogens is 340 g/mol. The Balaban J connectivity index is 1.43.